The van der Waals surface area contributed by atoms with Gasteiger partial charge in [-0.15, -0.1) is 43.1 Å². The molecular weight excluding hydrogens is 448 g/mol. The van der Waals surface area contributed by atoms with Crippen LogP contribution in [0.5, 0.6) is 0 Å². The van der Waals surface area contributed by atoms with E-state index in [0.29, 0.717) is 16.3 Å². The van der Waals surface area contributed by atoms with Gasteiger partial charge in [-0.05, 0) is 23.4 Å². The number of tetrazole rings is 2. The Kier molecular flexibility index (Phi) is 6.04. The van der Waals surface area contributed by atoms with E-state index in [1.54, 1.807) is 6.92 Å². The molecule has 8 nitrogen and oxygen atoms in total. The summed E-state index contributed by atoms with van der Waals surface area (Å²) in [6, 6.07) is 1.21. The van der Waals surface area contributed by atoms with Crippen LogP contribution in [0.3, 0.4) is 0 Å². The SMILES string of the molecule is Cc1c(-c2nn[nH]n2)sc(Cl)c1F.FC(F)c1cc(Cl)sc1-c1nn[nH]n1. The summed E-state index contributed by atoms with van der Waals surface area (Å²) in [7, 11) is 0. The lowest BCUT2D eigenvalue weighted by molar-refractivity contribution is 0.152. The second-order valence-corrected chi connectivity index (χ2v) is 8.06. The Labute approximate surface area is 166 Å². The van der Waals surface area contributed by atoms with Crippen molar-refractivity contribution in [3.05, 3.63) is 31.7 Å². The van der Waals surface area contributed by atoms with E-state index in [0.717, 1.165) is 22.7 Å². The first-order chi connectivity index (χ1) is 12.9. The van der Waals surface area contributed by atoms with Crippen LogP contribution in [0.15, 0.2) is 6.07 Å². The molecule has 0 saturated heterocycles. The fourth-order valence-corrected chi connectivity index (χ4v) is 4.29. The molecule has 27 heavy (non-hydrogen) atoms. The standard InChI is InChI=1S/C6H3ClF2N4S.C6H4ClFN4S/c7-3-1-2(5(8)9)4(14-3)6-10-12-13-11-6;1-2-3(8)5(7)13-4(2)6-9-11-12-10-6/h1,5H,(H,10,11,12,13);1H3,(H,9,10,11,12). The van der Waals surface area contributed by atoms with Crippen molar-refractivity contribution < 1.29 is 13.2 Å². The van der Waals surface area contributed by atoms with Crippen LogP contribution in [0.2, 0.25) is 8.67 Å². The van der Waals surface area contributed by atoms with Crippen molar-refractivity contribution in [3.8, 4) is 21.4 Å². The Morgan fingerprint density at radius 1 is 1.00 bits per heavy atom. The van der Waals surface area contributed by atoms with Crippen LogP contribution in [-0.4, -0.2) is 41.2 Å². The fourth-order valence-electron chi connectivity index (χ4n) is 1.90. The van der Waals surface area contributed by atoms with Gasteiger partial charge < -0.3 is 0 Å². The first-order valence-electron chi connectivity index (χ1n) is 6.87. The number of alkyl halides is 2. The lowest BCUT2D eigenvalue weighted by Gasteiger charge is -1.95. The second kappa shape index (κ2) is 8.29. The number of aromatic nitrogens is 8. The number of rotatable bonds is 3. The summed E-state index contributed by atoms with van der Waals surface area (Å²) >= 11 is 13.3. The summed E-state index contributed by atoms with van der Waals surface area (Å²) in [4.78, 5) is 0.856. The zero-order valence-electron chi connectivity index (χ0n) is 13.0. The normalized spacial score (nSPS) is 10.9. The molecule has 142 valence electrons. The molecule has 0 radical (unpaired) electrons. The van der Waals surface area contributed by atoms with Gasteiger partial charge in [0, 0.05) is 11.1 Å². The van der Waals surface area contributed by atoms with E-state index in [-0.39, 0.29) is 24.9 Å². The van der Waals surface area contributed by atoms with Gasteiger partial charge in [0.25, 0.3) is 6.43 Å². The van der Waals surface area contributed by atoms with Gasteiger partial charge in [0.1, 0.15) is 4.34 Å². The number of halogens is 5. The number of hydrogen-bond donors (Lipinski definition) is 2. The Morgan fingerprint density at radius 2 is 1.59 bits per heavy atom. The summed E-state index contributed by atoms with van der Waals surface area (Å²) in [6.07, 6.45) is -2.59. The molecule has 4 rings (SSSR count). The molecule has 0 saturated carbocycles. The topological polar surface area (TPSA) is 109 Å². The Bertz CT molecular complexity index is 1020. The lowest BCUT2D eigenvalue weighted by Crippen LogP contribution is -1.85. The molecule has 0 aliphatic rings. The summed E-state index contributed by atoms with van der Waals surface area (Å²) in [6.45, 7) is 1.63. The molecule has 2 N–H and O–H groups in total. The number of thiophene rings is 2. The minimum absolute atomic E-state index is 0.123. The summed E-state index contributed by atoms with van der Waals surface area (Å²) in [5, 5.41) is 25.9. The number of nitrogens with one attached hydrogen (secondary N) is 2. The van der Waals surface area contributed by atoms with E-state index in [4.69, 9.17) is 23.2 Å². The monoisotopic (exact) mass is 454 g/mol. The van der Waals surface area contributed by atoms with Gasteiger partial charge in [0.05, 0.1) is 14.1 Å². The summed E-state index contributed by atoms with van der Waals surface area (Å²) < 4.78 is 38.5. The lowest BCUT2D eigenvalue weighted by atomic mass is 10.2. The molecule has 0 fully saturated rings. The maximum Gasteiger partial charge on any atom is 0.265 e. The van der Waals surface area contributed by atoms with E-state index in [1.807, 2.05) is 0 Å². The molecular formula is C12H7Cl2F3N8S2. The largest absolute Gasteiger partial charge is 0.265 e. The Balaban J connectivity index is 0.000000156. The molecule has 0 unspecified atom stereocenters. The zero-order chi connectivity index (χ0) is 19.6. The van der Waals surface area contributed by atoms with Crippen LogP contribution in [0.25, 0.3) is 21.4 Å². The third-order valence-electron chi connectivity index (χ3n) is 3.10. The smallest absolute Gasteiger partial charge is 0.205 e. The maximum absolute atomic E-state index is 13.1. The van der Waals surface area contributed by atoms with Crippen LogP contribution in [0, 0.1) is 12.7 Å². The molecule has 0 atom stereocenters. The minimum Gasteiger partial charge on any atom is -0.205 e. The van der Waals surface area contributed by atoms with Crippen molar-refractivity contribution in [1.82, 2.24) is 41.2 Å². The molecule has 0 aliphatic carbocycles. The number of aromatic amines is 2. The average molecular weight is 455 g/mol. The first kappa shape index (κ1) is 19.7. The molecule has 0 amide bonds. The molecule has 15 heteroatoms. The van der Waals surface area contributed by atoms with E-state index in [9.17, 15) is 13.2 Å². The van der Waals surface area contributed by atoms with E-state index in [1.165, 1.54) is 6.07 Å². The highest BCUT2D eigenvalue weighted by atomic mass is 35.5. The van der Waals surface area contributed by atoms with Gasteiger partial charge in [-0.3, -0.25) is 0 Å². The van der Waals surface area contributed by atoms with Crippen molar-refractivity contribution in [1.29, 1.82) is 0 Å². The van der Waals surface area contributed by atoms with Crippen molar-refractivity contribution in [2.24, 2.45) is 0 Å². The molecule has 0 aliphatic heterocycles. The van der Waals surface area contributed by atoms with Gasteiger partial charge in [0.15, 0.2) is 5.82 Å². The van der Waals surface area contributed by atoms with Gasteiger partial charge in [0.2, 0.25) is 11.6 Å². The zero-order valence-corrected chi connectivity index (χ0v) is 16.2. The van der Waals surface area contributed by atoms with Gasteiger partial charge in [-0.1, -0.05) is 23.2 Å². The van der Waals surface area contributed by atoms with Crippen LogP contribution >= 0.6 is 45.9 Å². The third-order valence-corrected chi connectivity index (χ3v) is 5.82. The predicted octanol–water partition coefficient (Wildman–Crippen LogP) is 4.55. The van der Waals surface area contributed by atoms with Crippen LogP contribution < -0.4 is 0 Å². The van der Waals surface area contributed by atoms with Crippen LogP contribution in [-0.2, 0) is 0 Å². The number of hydrogen-bond acceptors (Lipinski definition) is 8. The quantitative estimate of drug-likeness (QED) is 0.469. The first-order valence-corrected chi connectivity index (χ1v) is 9.26. The fraction of sp³-hybridized carbons (Fsp3) is 0.167. The van der Waals surface area contributed by atoms with E-state index < -0.39 is 12.2 Å². The second-order valence-electron chi connectivity index (χ2n) is 4.75. The summed E-state index contributed by atoms with van der Waals surface area (Å²) in [5.41, 5.74) is 0.290. The third kappa shape index (κ3) is 4.26. The minimum atomic E-state index is -2.59. The van der Waals surface area contributed by atoms with E-state index in [2.05, 4.69) is 41.2 Å². The van der Waals surface area contributed by atoms with Crippen LogP contribution in [0.4, 0.5) is 13.2 Å². The van der Waals surface area contributed by atoms with Crippen molar-refractivity contribution in [2.75, 3.05) is 0 Å². The van der Waals surface area contributed by atoms with Crippen LogP contribution in [0.1, 0.15) is 17.6 Å². The molecule has 4 aromatic heterocycles. The highest BCUT2D eigenvalue weighted by Gasteiger charge is 2.20. The van der Waals surface area contributed by atoms with Gasteiger partial charge in [-0.25, -0.2) is 13.2 Å². The molecule has 4 heterocycles. The predicted molar refractivity (Wildman–Crippen MR) is 94.7 cm³/mol. The van der Waals surface area contributed by atoms with Gasteiger partial charge in [-0.2, -0.15) is 10.4 Å². The Morgan fingerprint density at radius 3 is 2.04 bits per heavy atom. The Hall–Kier alpha value is -2.09. The summed E-state index contributed by atoms with van der Waals surface area (Å²) in [5.74, 6) is 0.0944. The van der Waals surface area contributed by atoms with E-state index >= 15 is 0 Å². The highest BCUT2D eigenvalue weighted by molar-refractivity contribution is 7.19. The van der Waals surface area contributed by atoms with Gasteiger partial charge >= 0.3 is 0 Å². The number of nitrogens with zero attached hydrogens (tertiary/aromatic N) is 6. The van der Waals surface area contributed by atoms with Crippen molar-refractivity contribution >= 4 is 45.9 Å². The maximum atomic E-state index is 13.1. The number of H-pyrrole nitrogens is 2. The van der Waals surface area contributed by atoms with Crippen molar-refractivity contribution in [3.63, 3.8) is 0 Å². The molecule has 0 bridgehead atoms. The highest BCUT2D eigenvalue weighted by Crippen LogP contribution is 2.38. The average Bonchev–Trinajstić information content (AvgIpc) is 3.40. The molecule has 0 aromatic carbocycles. The van der Waals surface area contributed by atoms with Crippen molar-refractivity contribution in [2.45, 2.75) is 13.3 Å². The molecule has 0 spiro atoms. The molecule has 4 aromatic rings.